The van der Waals surface area contributed by atoms with E-state index in [1.165, 1.54) is 30.7 Å². The van der Waals surface area contributed by atoms with Crippen LogP contribution in [0.1, 0.15) is 26.2 Å². The van der Waals surface area contributed by atoms with Crippen molar-refractivity contribution in [2.75, 3.05) is 43.3 Å². The molecule has 0 spiro atoms. The van der Waals surface area contributed by atoms with E-state index in [9.17, 15) is 19.2 Å². The van der Waals surface area contributed by atoms with Crippen molar-refractivity contribution in [1.82, 2.24) is 9.55 Å². The van der Waals surface area contributed by atoms with Crippen LogP contribution < -0.4 is 36.3 Å². The molecule has 1 atom stereocenters. The van der Waals surface area contributed by atoms with Gasteiger partial charge in [-0.05, 0) is 12.5 Å². The Bertz CT molecular complexity index is 1220. The first-order valence-electron chi connectivity index (χ1n) is 10.8. The van der Waals surface area contributed by atoms with E-state index in [-0.39, 0.29) is 35.4 Å². The number of hydrogen-bond acceptors (Lipinski definition) is 7. The Morgan fingerprint density at radius 3 is 2.53 bits per heavy atom. The fraction of sp³-hybridized carbons (Fsp3) is 0.455. The monoisotopic (exact) mass is 493 g/mol. The number of carbonyl (C=O) groups excluding carboxylic acids is 2. The zero-order valence-electron chi connectivity index (χ0n) is 19.5. The van der Waals surface area contributed by atoms with Gasteiger partial charge in [0.2, 0.25) is 11.8 Å². The SMILES string of the molecule is CCCCn1c(N)c(N(C)C(=O)[C@@H]2CC(=O)N(c3cc(Cl)c(OC)cc3OC)C2)c(=O)[nH]c1=O. The number of nitrogens with zero attached hydrogens (tertiary/aromatic N) is 3. The van der Waals surface area contributed by atoms with E-state index in [1.807, 2.05) is 6.92 Å². The van der Waals surface area contributed by atoms with Crippen LogP contribution in [0.15, 0.2) is 21.7 Å². The summed E-state index contributed by atoms with van der Waals surface area (Å²) in [6.07, 6.45) is 1.41. The van der Waals surface area contributed by atoms with Crippen LogP contribution in [0.4, 0.5) is 17.2 Å². The van der Waals surface area contributed by atoms with E-state index in [2.05, 4.69) is 4.98 Å². The maximum absolute atomic E-state index is 13.3. The molecule has 12 heteroatoms. The van der Waals surface area contributed by atoms with Gasteiger partial charge < -0.3 is 25.0 Å². The zero-order chi connectivity index (χ0) is 25.2. The molecule has 3 rings (SSSR count). The van der Waals surface area contributed by atoms with Crippen LogP contribution in [0.5, 0.6) is 11.5 Å². The second-order valence-electron chi connectivity index (χ2n) is 7.96. The minimum absolute atomic E-state index is 0.0499. The summed E-state index contributed by atoms with van der Waals surface area (Å²) in [5, 5.41) is 0.284. The molecular weight excluding hydrogens is 466 g/mol. The van der Waals surface area contributed by atoms with Gasteiger partial charge in [0.25, 0.3) is 5.56 Å². The van der Waals surface area contributed by atoms with Gasteiger partial charge in [0.1, 0.15) is 17.3 Å². The van der Waals surface area contributed by atoms with Gasteiger partial charge in [-0.15, -0.1) is 0 Å². The average Bonchev–Trinajstić information content (AvgIpc) is 3.19. The maximum Gasteiger partial charge on any atom is 0.330 e. The molecule has 2 amide bonds. The van der Waals surface area contributed by atoms with E-state index in [0.29, 0.717) is 30.2 Å². The van der Waals surface area contributed by atoms with Gasteiger partial charge in [-0.3, -0.25) is 23.9 Å². The standard InChI is InChI=1S/C22H28ClN5O6/c1-5-6-7-27-19(24)18(20(30)25-22(27)32)26(2)21(31)12-8-17(29)28(11-12)14-9-13(23)15(33-3)10-16(14)34-4/h9-10,12H,5-8,11,24H2,1-4H3,(H,25,30,32)/t12-/m1/s1. The average molecular weight is 494 g/mol. The molecule has 1 saturated heterocycles. The lowest BCUT2D eigenvalue weighted by atomic mass is 10.1. The molecule has 11 nitrogen and oxygen atoms in total. The fourth-order valence-electron chi connectivity index (χ4n) is 3.98. The normalized spacial score (nSPS) is 15.5. The minimum atomic E-state index is -0.768. The lowest BCUT2D eigenvalue weighted by Gasteiger charge is -2.24. The summed E-state index contributed by atoms with van der Waals surface area (Å²) in [6, 6.07) is 3.10. The number of H-pyrrole nitrogens is 1. The summed E-state index contributed by atoms with van der Waals surface area (Å²) in [5.74, 6) is -0.886. The zero-order valence-corrected chi connectivity index (χ0v) is 20.3. The van der Waals surface area contributed by atoms with E-state index in [4.69, 9.17) is 26.8 Å². The molecule has 1 aliphatic heterocycles. The molecule has 1 aromatic heterocycles. The molecule has 2 aromatic rings. The summed E-state index contributed by atoms with van der Waals surface area (Å²) in [7, 11) is 4.31. The molecule has 0 radical (unpaired) electrons. The van der Waals surface area contributed by atoms with Crippen LogP contribution in [-0.4, -0.2) is 49.2 Å². The van der Waals surface area contributed by atoms with Crippen LogP contribution >= 0.6 is 11.6 Å². The van der Waals surface area contributed by atoms with Crippen molar-refractivity contribution in [3.05, 3.63) is 38.0 Å². The molecule has 2 heterocycles. The Balaban J connectivity index is 1.90. The number of nitrogens with two attached hydrogens (primary N) is 1. The summed E-state index contributed by atoms with van der Waals surface area (Å²) in [5.41, 5.74) is 4.99. The lowest BCUT2D eigenvalue weighted by molar-refractivity contribution is -0.124. The number of hydrogen-bond donors (Lipinski definition) is 2. The Labute approximate surface area is 201 Å². The van der Waals surface area contributed by atoms with Gasteiger partial charge in [0.05, 0.1) is 30.8 Å². The van der Waals surface area contributed by atoms with Crippen molar-refractivity contribution in [2.45, 2.75) is 32.7 Å². The number of nitrogen functional groups attached to an aromatic ring is 1. The third-order valence-corrected chi connectivity index (χ3v) is 6.13. The second-order valence-corrected chi connectivity index (χ2v) is 8.37. The van der Waals surface area contributed by atoms with Gasteiger partial charge in [0, 0.05) is 32.6 Å². The minimum Gasteiger partial charge on any atom is -0.495 e. The fourth-order valence-corrected chi connectivity index (χ4v) is 4.22. The van der Waals surface area contributed by atoms with E-state index in [0.717, 1.165) is 11.3 Å². The largest absolute Gasteiger partial charge is 0.495 e. The highest BCUT2D eigenvalue weighted by Gasteiger charge is 2.39. The highest BCUT2D eigenvalue weighted by atomic mass is 35.5. The summed E-state index contributed by atoms with van der Waals surface area (Å²) in [6.45, 7) is 2.31. The van der Waals surface area contributed by atoms with Crippen molar-refractivity contribution >= 4 is 40.6 Å². The Hall–Kier alpha value is -3.47. The second kappa shape index (κ2) is 10.2. The van der Waals surface area contributed by atoms with Crippen LogP contribution in [0.3, 0.4) is 0 Å². The molecule has 0 aliphatic carbocycles. The number of nitrogens with one attached hydrogen (secondary N) is 1. The molecule has 1 aliphatic rings. The van der Waals surface area contributed by atoms with Crippen molar-refractivity contribution in [3.8, 4) is 11.5 Å². The molecule has 1 fully saturated rings. The van der Waals surface area contributed by atoms with Gasteiger partial charge in [-0.2, -0.15) is 0 Å². The third kappa shape index (κ3) is 4.60. The van der Waals surface area contributed by atoms with E-state index in [1.54, 1.807) is 12.1 Å². The first kappa shape index (κ1) is 25.2. The Morgan fingerprint density at radius 1 is 1.24 bits per heavy atom. The number of amides is 2. The number of halogens is 1. The van der Waals surface area contributed by atoms with Crippen molar-refractivity contribution in [2.24, 2.45) is 5.92 Å². The number of anilines is 3. The highest BCUT2D eigenvalue weighted by Crippen LogP contribution is 2.40. The number of unbranched alkanes of at least 4 members (excludes halogenated alkanes) is 1. The number of carbonyl (C=O) groups is 2. The number of methoxy groups -OCH3 is 2. The topological polar surface area (TPSA) is 140 Å². The van der Waals surface area contributed by atoms with E-state index < -0.39 is 23.1 Å². The number of aromatic amines is 1. The lowest BCUT2D eigenvalue weighted by Crippen LogP contribution is -2.42. The van der Waals surface area contributed by atoms with Gasteiger partial charge in [0.15, 0.2) is 5.69 Å². The van der Waals surface area contributed by atoms with Crippen LogP contribution in [0.2, 0.25) is 5.02 Å². The van der Waals surface area contributed by atoms with Crippen LogP contribution in [0.25, 0.3) is 0 Å². The Morgan fingerprint density at radius 2 is 1.91 bits per heavy atom. The first-order valence-corrected chi connectivity index (χ1v) is 11.1. The molecule has 1 aromatic carbocycles. The predicted molar refractivity (Wildman–Crippen MR) is 129 cm³/mol. The smallest absolute Gasteiger partial charge is 0.330 e. The van der Waals surface area contributed by atoms with Crippen molar-refractivity contribution < 1.29 is 19.1 Å². The quantitative estimate of drug-likeness (QED) is 0.569. The maximum atomic E-state index is 13.3. The first-order chi connectivity index (χ1) is 16.1. The number of aromatic nitrogens is 2. The van der Waals surface area contributed by atoms with Crippen LogP contribution in [-0.2, 0) is 16.1 Å². The molecule has 3 N–H and O–H groups in total. The number of ether oxygens (including phenoxy) is 2. The van der Waals surface area contributed by atoms with Gasteiger partial charge >= 0.3 is 5.69 Å². The van der Waals surface area contributed by atoms with Gasteiger partial charge in [-0.25, -0.2) is 4.79 Å². The van der Waals surface area contributed by atoms with E-state index >= 15 is 0 Å². The Kier molecular flexibility index (Phi) is 7.55. The number of rotatable bonds is 8. The van der Waals surface area contributed by atoms with Crippen molar-refractivity contribution in [1.29, 1.82) is 0 Å². The van der Waals surface area contributed by atoms with Crippen molar-refractivity contribution in [3.63, 3.8) is 0 Å². The molecule has 0 saturated carbocycles. The number of benzene rings is 1. The molecular formula is C22H28ClN5O6. The summed E-state index contributed by atoms with van der Waals surface area (Å²) >= 11 is 6.24. The molecule has 0 unspecified atom stereocenters. The third-order valence-electron chi connectivity index (χ3n) is 5.83. The summed E-state index contributed by atoms with van der Waals surface area (Å²) in [4.78, 5) is 55.5. The highest BCUT2D eigenvalue weighted by molar-refractivity contribution is 6.32. The van der Waals surface area contributed by atoms with Gasteiger partial charge in [-0.1, -0.05) is 24.9 Å². The molecule has 34 heavy (non-hydrogen) atoms. The summed E-state index contributed by atoms with van der Waals surface area (Å²) < 4.78 is 11.8. The van der Waals surface area contributed by atoms with Crippen LogP contribution in [0, 0.1) is 5.92 Å². The molecule has 184 valence electrons. The molecule has 0 bridgehead atoms. The predicted octanol–water partition coefficient (Wildman–Crippen LogP) is 1.61.